The van der Waals surface area contributed by atoms with E-state index in [0.29, 0.717) is 30.2 Å². The first kappa shape index (κ1) is 18.8. The Labute approximate surface area is 156 Å². The van der Waals surface area contributed by atoms with Gasteiger partial charge in [0.05, 0.1) is 17.6 Å². The van der Waals surface area contributed by atoms with E-state index < -0.39 is 4.92 Å². The minimum absolute atomic E-state index is 0.00683. The van der Waals surface area contributed by atoms with Crippen molar-refractivity contribution in [2.24, 2.45) is 0 Å². The quantitative estimate of drug-likeness (QED) is 0.573. The molecule has 3 rings (SSSR count). The lowest BCUT2D eigenvalue weighted by Gasteiger charge is -2.23. The van der Waals surface area contributed by atoms with Crippen LogP contribution in [0.3, 0.4) is 0 Å². The summed E-state index contributed by atoms with van der Waals surface area (Å²) < 4.78 is 11.3. The van der Waals surface area contributed by atoms with E-state index in [1.54, 1.807) is 24.3 Å². The lowest BCUT2D eigenvalue weighted by atomic mass is 10.2. The molecule has 1 atom stereocenters. The molecule has 0 aromatic heterocycles. The maximum Gasteiger partial charge on any atom is 0.269 e. The molecule has 27 heavy (non-hydrogen) atoms. The van der Waals surface area contributed by atoms with Gasteiger partial charge in [0.1, 0.15) is 11.5 Å². The number of benzene rings is 2. The second kappa shape index (κ2) is 9.11. The van der Waals surface area contributed by atoms with Crippen molar-refractivity contribution < 1.29 is 19.2 Å². The number of hydrogen-bond acceptors (Lipinski definition) is 6. The van der Waals surface area contributed by atoms with Crippen molar-refractivity contribution in [1.29, 1.82) is 0 Å². The van der Waals surface area contributed by atoms with Crippen LogP contribution in [0.15, 0.2) is 48.5 Å². The van der Waals surface area contributed by atoms with Gasteiger partial charge in [-0.3, -0.25) is 14.9 Å². The van der Waals surface area contributed by atoms with Crippen LogP contribution in [0.4, 0.5) is 5.69 Å². The highest BCUT2D eigenvalue weighted by Crippen LogP contribution is 2.24. The summed E-state index contributed by atoms with van der Waals surface area (Å²) in [5, 5.41) is 16.8. The molecule has 0 saturated carbocycles. The number of rotatable bonds is 7. The fourth-order valence-corrected chi connectivity index (χ4v) is 2.73. The van der Waals surface area contributed by atoms with Crippen molar-refractivity contribution in [1.82, 2.24) is 10.6 Å². The van der Waals surface area contributed by atoms with Crippen molar-refractivity contribution in [3.63, 3.8) is 0 Å². The predicted molar refractivity (Wildman–Crippen MR) is 99.2 cm³/mol. The molecule has 1 fully saturated rings. The average molecular weight is 371 g/mol. The standard InChI is InChI=1S/C19H21N3O5/c23-19(21-9-8-18-13-20-10-11-26-18)14-2-1-3-17(12-14)27-16-6-4-15(5-7-16)22(24)25/h1-7,12,18,20H,8-11,13H2,(H,21,23). The minimum Gasteiger partial charge on any atom is -0.457 e. The van der Waals surface area contributed by atoms with Crippen LogP contribution in [0.1, 0.15) is 16.8 Å². The van der Waals surface area contributed by atoms with Crippen LogP contribution in [0.5, 0.6) is 11.5 Å². The number of hydrogen-bond donors (Lipinski definition) is 2. The topological polar surface area (TPSA) is 103 Å². The largest absolute Gasteiger partial charge is 0.457 e. The lowest BCUT2D eigenvalue weighted by Crippen LogP contribution is -2.40. The molecule has 2 aromatic rings. The molecular weight excluding hydrogens is 350 g/mol. The molecular formula is C19H21N3O5. The van der Waals surface area contributed by atoms with Crippen molar-refractivity contribution >= 4 is 11.6 Å². The van der Waals surface area contributed by atoms with Gasteiger partial charge in [0.2, 0.25) is 0 Å². The molecule has 0 spiro atoms. The van der Waals surface area contributed by atoms with Gasteiger partial charge in [-0.15, -0.1) is 0 Å². The molecule has 8 nitrogen and oxygen atoms in total. The molecule has 1 saturated heterocycles. The Kier molecular flexibility index (Phi) is 6.35. The van der Waals surface area contributed by atoms with Crippen LogP contribution < -0.4 is 15.4 Å². The summed E-state index contributed by atoms with van der Waals surface area (Å²) in [7, 11) is 0. The summed E-state index contributed by atoms with van der Waals surface area (Å²) in [6, 6.07) is 12.6. The average Bonchev–Trinajstić information content (AvgIpc) is 2.69. The fourth-order valence-electron chi connectivity index (χ4n) is 2.73. The molecule has 142 valence electrons. The second-order valence-corrected chi connectivity index (χ2v) is 6.12. The van der Waals surface area contributed by atoms with E-state index in [0.717, 1.165) is 19.5 Å². The Morgan fingerprint density at radius 3 is 2.78 bits per heavy atom. The van der Waals surface area contributed by atoms with Crippen LogP contribution >= 0.6 is 0 Å². The summed E-state index contributed by atoms with van der Waals surface area (Å²) in [6.07, 6.45) is 0.869. The van der Waals surface area contributed by atoms with Gasteiger partial charge in [-0.2, -0.15) is 0 Å². The number of nitro benzene ring substituents is 1. The molecule has 1 aliphatic rings. The van der Waals surface area contributed by atoms with E-state index in [1.807, 2.05) is 0 Å². The third-order valence-corrected chi connectivity index (χ3v) is 4.14. The van der Waals surface area contributed by atoms with Gasteiger partial charge in [0.15, 0.2) is 0 Å². The fraction of sp³-hybridized carbons (Fsp3) is 0.316. The molecule has 1 heterocycles. The van der Waals surface area contributed by atoms with Gasteiger partial charge in [-0.1, -0.05) is 6.07 Å². The smallest absolute Gasteiger partial charge is 0.269 e. The van der Waals surface area contributed by atoms with E-state index in [4.69, 9.17) is 9.47 Å². The number of nitrogens with one attached hydrogen (secondary N) is 2. The zero-order chi connectivity index (χ0) is 19.1. The van der Waals surface area contributed by atoms with Gasteiger partial charge >= 0.3 is 0 Å². The van der Waals surface area contributed by atoms with E-state index >= 15 is 0 Å². The third kappa shape index (κ3) is 5.50. The van der Waals surface area contributed by atoms with Crippen LogP contribution in [0.25, 0.3) is 0 Å². The molecule has 0 aliphatic carbocycles. The summed E-state index contributed by atoms with van der Waals surface area (Å²) in [6.45, 7) is 2.89. The molecule has 2 N–H and O–H groups in total. The highest BCUT2D eigenvalue weighted by atomic mass is 16.6. The molecule has 8 heteroatoms. The summed E-state index contributed by atoms with van der Waals surface area (Å²) in [4.78, 5) is 22.5. The number of carbonyl (C=O) groups is 1. The highest BCUT2D eigenvalue weighted by Gasteiger charge is 2.14. The van der Waals surface area contributed by atoms with Gasteiger partial charge in [-0.25, -0.2) is 0 Å². The van der Waals surface area contributed by atoms with Gasteiger partial charge in [0.25, 0.3) is 11.6 Å². The summed E-state index contributed by atoms with van der Waals surface area (Å²) >= 11 is 0. The maximum absolute atomic E-state index is 12.3. The summed E-state index contributed by atoms with van der Waals surface area (Å²) in [5.41, 5.74) is 0.477. The number of non-ortho nitro benzene ring substituents is 1. The zero-order valence-electron chi connectivity index (χ0n) is 14.7. The first-order chi connectivity index (χ1) is 13.1. The molecule has 0 radical (unpaired) electrons. The van der Waals surface area contributed by atoms with Crippen molar-refractivity contribution in [3.05, 3.63) is 64.2 Å². The highest BCUT2D eigenvalue weighted by molar-refractivity contribution is 5.94. The first-order valence-corrected chi connectivity index (χ1v) is 8.75. The Hall–Kier alpha value is -2.97. The monoisotopic (exact) mass is 371 g/mol. The second-order valence-electron chi connectivity index (χ2n) is 6.12. The third-order valence-electron chi connectivity index (χ3n) is 4.14. The molecule has 0 bridgehead atoms. The van der Waals surface area contributed by atoms with Gasteiger partial charge < -0.3 is 20.1 Å². The van der Waals surface area contributed by atoms with E-state index in [2.05, 4.69) is 10.6 Å². The Morgan fingerprint density at radius 2 is 2.07 bits per heavy atom. The Bertz CT molecular complexity index is 788. The lowest BCUT2D eigenvalue weighted by molar-refractivity contribution is -0.384. The number of nitro groups is 1. The van der Waals surface area contributed by atoms with Gasteiger partial charge in [0, 0.05) is 37.3 Å². The van der Waals surface area contributed by atoms with E-state index in [1.165, 1.54) is 24.3 Å². The van der Waals surface area contributed by atoms with Crippen molar-refractivity contribution in [2.75, 3.05) is 26.2 Å². The molecule has 1 aliphatic heterocycles. The first-order valence-electron chi connectivity index (χ1n) is 8.75. The van der Waals surface area contributed by atoms with Crippen LogP contribution in [0, 0.1) is 10.1 Å². The van der Waals surface area contributed by atoms with Crippen LogP contribution in [0.2, 0.25) is 0 Å². The normalized spacial score (nSPS) is 16.5. The van der Waals surface area contributed by atoms with Crippen LogP contribution in [-0.4, -0.2) is 43.2 Å². The zero-order valence-corrected chi connectivity index (χ0v) is 14.7. The number of amides is 1. The maximum atomic E-state index is 12.3. The van der Waals surface area contributed by atoms with Crippen molar-refractivity contribution in [3.8, 4) is 11.5 Å². The minimum atomic E-state index is -0.469. The predicted octanol–water partition coefficient (Wildman–Crippen LogP) is 2.50. The molecule has 1 unspecified atom stereocenters. The van der Waals surface area contributed by atoms with E-state index in [9.17, 15) is 14.9 Å². The molecule has 2 aromatic carbocycles. The Morgan fingerprint density at radius 1 is 1.26 bits per heavy atom. The SMILES string of the molecule is O=C(NCCC1CNCCO1)c1cccc(Oc2ccc([N+](=O)[O-])cc2)c1. The number of ether oxygens (including phenoxy) is 2. The number of morpholine rings is 1. The Balaban J connectivity index is 1.54. The number of carbonyl (C=O) groups excluding carboxylic acids is 1. The van der Waals surface area contributed by atoms with E-state index in [-0.39, 0.29) is 17.7 Å². The molecule has 1 amide bonds. The van der Waals surface area contributed by atoms with Crippen LogP contribution in [-0.2, 0) is 4.74 Å². The summed E-state index contributed by atoms with van der Waals surface area (Å²) in [5.74, 6) is 0.754. The van der Waals surface area contributed by atoms with Gasteiger partial charge in [-0.05, 0) is 36.8 Å². The number of nitrogens with zero attached hydrogens (tertiary/aromatic N) is 1. The van der Waals surface area contributed by atoms with Crippen molar-refractivity contribution in [2.45, 2.75) is 12.5 Å².